The van der Waals surface area contributed by atoms with Gasteiger partial charge in [-0.2, -0.15) is 4.31 Å². The van der Waals surface area contributed by atoms with Crippen molar-refractivity contribution in [3.8, 4) is 0 Å². The highest BCUT2D eigenvalue weighted by Crippen LogP contribution is 2.35. The van der Waals surface area contributed by atoms with Gasteiger partial charge < -0.3 is 10.2 Å². The Labute approximate surface area is 205 Å². The monoisotopic (exact) mass is 501 g/mol. The van der Waals surface area contributed by atoms with E-state index in [4.69, 9.17) is 0 Å². The number of carbonyl (C=O) groups excluding carboxylic acids is 2. The summed E-state index contributed by atoms with van der Waals surface area (Å²) in [6, 6.07) is 9.15. The van der Waals surface area contributed by atoms with Crippen molar-refractivity contribution in [2.24, 2.45) is 11.8 Å². The molecule has 7 nitrogen and oxygen atoms in total. The van der Waals surface area contributed by atoms with E-state index in [0.29, 0.717) is 39.0 Å². The van der Waals surface area contributed by atoms with Crippen LogP contribution >= 0.6 is 11.3 Å². The predicted octanol–water partition coefficient (Wildman–Crippen LogP) is 3.54. The van der Waals surface area contributed by atoms with Crippen LogP contribution in [0, 0.1) is 11.8 Å². The third kappa shape index (κ3) is 4.65. The first-order valence-corrected chi connectivity index (χ1v) is 14.5. The number of hydrogen-bond donors (Lipinski definition) is 1. The quantitative estimate of drug-likeness (QED) is 0.656. The molecule has 0 bridgehead atoms. The smallest absolute Gasteiger partial charge is 0.243 e. The molecule has 0 atom stereocenters. The number of fused-ring (bicyclic) bond motifs is 1. The van der Waals surface area contributed by atoms with Crippen LogP contribution in [0.5, 0.6) is 0 Å². The number of piperidine rings is 1. The Bertz CT molecular complexity index is 1150. The largest absolute Gasteiger partial charge is 0.351 e. The van der Waals surface area contributed by atoms with Crippen molar-refractivity contribution in [1.82, 2.24) is 9.62 Å². The minimum atomic E-state index is -3.64. The lowest BCUT2D eigenvalue weighted by atomic mass is 9.83. The third-order valence-electron chi connectivity index (χ3n) is 7.37. The van der Waals surface area contributed by atoms with Crippen molar-refractivity contribution in [2.75, 3.05) is 24.5 Å². The summed E-state index contributed by atoms with van der Waals surface area (Å²) in [5.41, 5.74) is 1.80. The van der Waals surface area contributed by atoms with Gasteiger partial charge in [-0.1, -0.05) is 12.5 Å². The molecule has 1 saturated heterocycles. The van der Waals surface area contributed by atoms with Crippen LogP contribution in [0.1, 0.15) is 49.0 Å². The number of sulfonamides is 1. The van der Waals surface area contributed by atoms with Crippen LogP contribution in [0.4, 0.5) is 5.69 Å². The predicted molar refractivity (Wildman–Crippen MR) is 132 cm³/mol. The SMILES string of the molecule is O=C(NCc1cccs1)C1CCN(S(=O)(=O)c2ccc3c(c2)CCCN3C(=O)C2CCC2)CC1. The van der Waals surface area contributed by atoms with E-state index in [0.717, 1.165) is 48.2 Å². The number of carbonyl (C=O) groups is 2. The summed E-state index contributed by atoms with van der Waals surface area (Å²) >= 11 is 1.61. The molecule has 1 aliphatic carbocycles. The van der Waals surface area contributed by atoms with E-state index in [1.165, 1.54) is 4.31 Å². The van der Waals surface area contributed by atoms with Crippen molar-refractivity contribution in [2.45, 2.75) is 56.4 Å². The zero-order chi connectivity index (χ0) is 23.7. The summed E-state index contributed by atoms with van der Waals surface area (Å²) in [6.07, 6.45) is 5.69. The molecule has 182 valence electrons. The number of aryl methyl sites for hydroxylation is 1. The lowest BCUT2D eigenvalue weighted by molar-refractivity contribution is -0.126. The Balaban J connectivity index is 1.23. The maximum absolute atomic E-state index is 13.4. The number of thiophene rings is 1. The minimum Gasteiger partial charge on any atom is -0.351 e. The molecule has 2 fully saturated rings. The maximum atomic E-state index is 13.4. The zero-order valence-corrected chi connectivity index (χ0v) is 20.9. The van der Waals surface area contributed by atoms with Gasteiger partial charge in [0, 0.05) is 42.0 Å². The Morgan fingerprint density at radius 2 is 1.79 bits per heavy atom. The van der Waals surface area contributed by atoms with E-state index in [1.54, 1.807) is 23.5 Å². The molecule has 1 aromatic heterocycles. The molecule has 0 unspecified atom stereocenters. The Morgan fingerprint density at radius 1 is 1.00 bits per heavy atom. The van der Waals surface area contributed by atoms with E-state index in [2.05, 4.69) is 5.32 Å². The molecular weight excluding hydrogens is 470 g/mol. The van der Waals surface area contributed by atoms with Gasteiger partial charge in [-0.3, -0.25) is 9.59 Å². The Hall–Kier alpha value is -2.23. The fourth-order valence-electron chi connectivity index (χ4n) is 5.08. The van der Waals surface area contributed by atoms with Gasteiger partial charge >= 0.3 is 0 Å². The summed E-state index contributed by atoms with van der Waals surface area (Å²) in [5, 5.41) is 4.96. The van der Waals surface area contributed by atoms with E-state index in [-0.39, 0.29) is 28.5 Å². The number of nitrogens with zero attached hydrogens (tertiary/aromatic N) is 2. The Kier molecular flexibility index (Phi) is 6.77. The molecule has 2 aromatic rings. The highest BCUT2D eigenvalue weighted by molar-refractivity contribution is 7.89. The molecule has 1 saturated carbocycles. The van der Waals surface area contributed by atoms with Gasteiger partial charge in [-0.05, 0) is 73.7 Å². The first-order valence-electron chi connectivity index (χ1n) is 12.2. The molecule has 34 heavy (non-hydrogen) atoms. The van der Waals surface area contributed by atoms with E-state index in [1.807, 2.05) is 28.5 Å². The molecule has 1 N–H and O–H groups in total. The van der Waals surface area contributed by atoms with Crippen molar-refractivity contribution in [3.63, 3.8) is 0 Å². The van der Waals surface area contributed by atoms with Crippen LogP contribution in [-0.2, 0) is 32.6 Å². The molecule has 2 aliphatic heterocycles. The average Bonchev–Trinajstić information content (AvgIpc) is 3.34. The van der Waals surface area contributed by atoms with Gasteiger partial charge in [0.15, 0.2) is 0 Å². The minimum absolute atomic E-state index is 0.00421. The number of benzene rings is 1. The number of rotatable bonds is 6. The zero-order valence-electron chi connectivity index (χ0n) is 19.2. The summed E-state index contributed by atoms with van der Waals surface area (Å²) in [6.45, 7) is 1.90. The maximum Gasteiger partial charge on any atom is 0.243 e. The first kappa shape index (κ1) is 23.5. The first-order chi connectivity index (χ1) is 16.4. The van der Waals surface area contributed by atoms with Gasteiger partial charge in [0.25, 0.3) is 0 Å². The molecule has 2 amide bonds. The van der Waals surface area contributed by atoms with Crippen LogP contribution in [0.15, 0.2) is 40.6 Å². The molecule has 0 radical (unpaired) electrons. The van der Waals surface area contributed by atoms with Gasteiger partial charge in [0.1, 0.15) is 0 Å². The molecule has 5 rings (SSSR count). The highest BCUT2D eigenvalue weighted by Gasteiger charge is 2.35. The van der Waals surface area contributed by atoms with Crippen molar-refractivity contribution in [3.05, 3.63) is 46.2 Å². The third-order valence-corrected chi connectivity index (χ3v) is 10.1. The lowest BCUT2D eigenvalue weighted by Gasteiger charge is -2.35. The molecular formula is C25H31N3O4S2. The fourth-order valence-corrected chi connectivity index (χ4v) is 7.24. The van der Waals surface area contributed by atoms with Gasteiger partial charge in [0.2, 0.25) is 21.8 Å². The van der Waals surface area contributed by atoms with Gasteiger partial charge in [-0.15, -0.1) is 11.3 Å². The van der Waals surface area contributed by atoms with Crippen LogP contribution in [0.25, 0.3) is 0 Å². The average molecular weight is 502 g/mol. The topological polar surface area (TPSA) is 86.8 Å². The van der Waals surface area contributed by atoms with E-state index in [9.17, 15) is 18.0 Å². The van der Waals surface area contributed by atoms with Gasteiger partial charge in [0.05, 0.1) is 11.4 Å². The van der Waals surface area contributed by atoms with E-state index >= 15 is 0 Å². The van der Waals surface area contributed by atoms with Crippen LogP contribution in [0.2, 0.25) is 0 Å². The number of nitrogens with one attached hydrogen (secondary N) is 1. The molecule has 1 aromatic carbocycles. The van der Waals surface area contributed by atoms with Crippen LogP contribution < -0.4 is 10.2 Å². The Morgan fingerprint density at radius 3 is 2.47 bits per heavy atom. The number of amides is 2. The lowest BCUT2D eigenvalue weighted by Crippen LogP contribution is -2.43. The standard InChI is InChI=1S/C25H31N3O4S2/c29-24(26-17-21-7-3-15-33-21)18-10-13-27(14-11-18)34(31,32)22-8-9-23-20(16-22)6-2-12-28(23)25(30)19-4-1-5-19/h3,7-9,15-16,18-19H,1-2,4-6,10-14,17H2,(H,26,29). The summed E-state index contributed by atoms with van der Waals surface area (Å²) < 4.78 is 28.2. The van der Waals surface area contributed by atoms with Crippen LogP contribution in [-0.4, -0.2) is 44.2 Å². The van der Waals surface area contributed by atoms with Crippen LogP contribution in [0.3, 0.4) is 0 Å². The van der Waals surface area contributed by atoms with Crippen molar-refractivity contribution in [1.29, 1.82) is 0 Å². The second kappa shape index (κ2) is 9.79. The van der Waals surface area contributed by atoms with Gasteiger partial charge in [-0.25, -0.2) is 8.42 Å². The second-order valence-electron chi connectivity index (χ2n) is 9.49. The summed E-state index contributed by atoms with van der Waals surface area (Å²) in [4.78, 5) is 28.6. The molecule has 0 spiro atoms. The second-order valence-corrected chi connectivity index (χ2v) is 12.5. The van der Waals surface area contributed by atoms with Crippen molar-refractivity contribution < 1.29 is 18.0 Å². The number of anilines is 1. The normalized spacial score (nSPS) is 19.9. The molecule has 3 heterocycles. The summed E-state index contributed by atoms with van der Waals surface area (Å²) in [5.74, 6) is 0.136. The molecule has 9 heteroatoms. The van der Waals surface area contributed by atoms with Crippen molar-refractivity contribution >= 4 is 38.9 Å². The summed E-state index contributed by atoms with van der Waals surface area (Å²) in [7, 11) is -3.64. The molecule has 3 aliphatic rings. The highest BCUT2D eigenvalue weighted by atomic mass is 32.2. The van der Waals surface area contributed by atoms with E-state index < -0.39 is 10.0 Å². The fraction of sp³-hybridized carbons (Fsp3) is 0.520. The number of hydrogen-bond acceptors (Lipinski definition) is 5.